The molecule has 0 saturated heterocycles. The van der Waals surface area contributed by atoms with Crippen LogP contribution in [-0.4, -0.2) is 30.1 Å². The van der Waals surface area contributed by atoms with Crippen molar-refractivity contribution in [2.75, 3.05) is 13.2 Å². The molecule has 0 aliphatic rings. The number of ether oxygens (including phenoxy) is 2. The molecule has 140 valence electrons. The number of esters is 2. The number of carbonyl (C=O) groups is 2. The zero-order chi connectivity index (χ0) is 19.3. The highest BCUT2D eigenvalue weighted by Crippen LogP contribution is 2.33. The van der Waals surface area contributed by atoms with Gasteiger partial charge >= 0.3 is 11.9 Å². The SMILES string of the molecule is CCOC(=O)Cc1sc(Sc2c(C(=O)OCC)cc(C)c[n+]2[O-])nc1C. The summed E-state index contributed by atoms with van der Waals surface area (Å²) in [4.78, 5) is 29.0. The van der Waals surface area contributed by atoms with Crippen LogP contribution in [0.2, 0.25) is 0 Å². The lowest BCUT2D eigenvalue weighted by molar-refractivity contribution is -0.646. The summed E-state index contributed by atoms with van der Waals surface area (Å²) in [6.45, 7) is 7.52. The van der Waals surface area contributed by atoms with Crippen LogP contribution < -0.4 is 4.73 Å². The summed E-state index contributed by atoms with van der Waals surface area (Å²) in [7, 11) is 0. The molecule has 0 bridgehead atoms. The maximum atomic E-state index is 12.3. The van der Waals surface area contributed by atoms with Crippen molar-refractivity contribution in [2.24, 2.45) is 0 Å². The first kappa shape index (κ1) is 20.2. The number of nitrogens with zero attached hydrogens (tertiary/aromatic N) is 2. The second-order valence-corrected chi connectivity index (χ2v) is 7.67. The largest absolute Gasteiger partial charge is 0.618 e. The van der Waals surface area contributed by atoms with E-state index in [1.165, 1.54) is 17.5 Å². The average Bonchev–Trinajstić information content (AvgIpc) is 2.89. The van der Waals surface area contributed by atoms with Crippen molar-refractivity contribution in [1.82, 2.24) is 4.98 Å². The van der Waals surface area contributed by atoms with Gasteiger partial charge in [0.15, 0.2) is 10.5 Å². The van der Waals surface area contributed by atoms with Gasteiger partial charge in [0.25, 0.3) is 5.03 Å². The van der Waals surface area contributed by atoms with Crippen molar-refractivity contribution in [3.05, 3.63) is 39.2 Å². The van der Waals surface area contributed by atoms with E-state index in [0.717, 1.165) is 16.6 Å². The van der Waals surface area contributed by atoms with Gasteiger partial charge in [0.05, 0.1) is 25.3 Å². The minimum Gasteiger partial charge on any atom is -0.618 e. The first-order valence-electron chi connectivity index (χ1n) is 8.06. The Morgan fingerprint density at radius 1 is 1.27 bits per heavy atom. The van der Waals surface area contributed by atoms with E-state index in [9.17, 15) is 14.8 Å². The molecule has 0 aliphatic heterocycles. The molecular weight excluding hydrogens is 376 g/mol. The van der Waals surface area contributed by atoms with Gasteiger partial charge in [-0.1, -0.05) is 0 Å². The molecular formula is C17H20N2O5S2. The molecule has 0 saturated carbocycles. The van der Waals surface area contributed by atoms with Gasteiger partial charge in [0.2, 0.25) is 0 Å². The van der Waals surface area contributed by atoms with Crippen molar-refractivity contribution in [3.8, 4) is 0 Å². The van der Waals surface area contributed by atoms with E-state index in [4.69, 9.17) is 9.47 Å². The molecule has 0 fully saturated rings. The third kappa shape index (κ3) is 4.95. The fraction of sp³-hybridized carbons (Fsp3) is 0.412. The zero-order valence-electron chi connectivity index (χ0n) is 15.0. The second kappa shape index (κ2) is 9.00. The fourth-order valence-corrected chi connectivity index (χ4v) is 4.40. The molecule has 0 N–H and O–H groups in total. The number of hydrogen-bond acceptors (Lipinski definition) is 8. The normalized spacial score (nSPS) is 10.6. The number of rotatable bonds is 7. The van der Waals surface area contributed by atoms with Gasteiger partial charge in [-0.15, -0.1) is 11.3 Å². The summed E-state index contributed by atoms with van der Waals surface area (Å²) in [6.07, 6.45) is 1.53. The quantitative estimate of drug-likeness (QED) is 0.404. The van der Waals surface area contributed by atoms with E-state index >= 15 is 0 Å². The highest BCUT2D eigenvalue weighted by molar-refractivity contribution is 8.00. The van der Waals surface area contributed by atoms with Crippen LogP contribution in [0.15, 0.2) is 21.6 Å². The summed E-state index contributed by atoms with van der Waals surface area (Å²) in [5.74, 6) is -0.874. The Balaban J connectivity index is 2.31. The molecule has 0 atom stereocenters. The lowest BCUT2D eigenvalue weighted by Crippen LogP contribution is -2.31. The molecule has 0 aromatic carbocycles. The highest BCUT2D eigenvalue weighted by Gasteiger charge is 2.25. The second-order valence-electron chi connectivity index (χ2n) is 5.35. The molecule has 2 rings (SSSR count). The standard InChI is InChI=1S/C17H20N2O5S2/c1-5-23-14(20)8-13-11(4)18-17(25-13)26-15-12(16(21)24-6-2)7-10(3)9-19(15)22/h7,9H,5-6,8H2,1-4H3. The molecule has 7 nitrogen and oxygen atoms in total. The van der Waals surface area contributed by atoms with Crippen LogP contribution in [0.5, 0.6) is 0 Å². The van der Waals surface area contributed by atoms with Crippen molar-refractivity contribution in [3.63, 3.8) is 0 Å². The predicted molar refractivity (Wildman–Crippen MR) is 97.4 cm³/mol. The Bertz CT molecular complexity index is 820. The number of aryl methyl sites for hydroxylation is 2. The van der Waals surface area contributed by atoms with Crippen LogP contribution >= 0.6 is 23.1 Å². The van der Waals surface area contributed by atoms with E-state index in [1.54, 1.807) is 33.8 Å². The van der Waals surface area contributed by atoms with Crippen LogP contribution in [0.1, 0.15) is 40.3 Å². The van der Waals surface area contributed by atoms with Gasteiger partial charge in [-0.2, -0.15) is 4.73 Å². The molecule has 0 aliphatic carbocycles. The molecule has 26 heavy (non-hydrogen) atoms. The van der Waals surface area contributed by atoms with Crippen LogP contribution in [0, 0.1) is 19.1 Å². The van der Waals surface area contributed by atoms with Crippen molar-refractivity contribution in [1.29, 1.82) is 0 Å². The minimum absolute atomic E-state index is 0.133. The van der Waals surface area contributed by atoms with Crippen molar-refractivity contribution >= 4 is 35.0 Å². The molecule has 2 heterocycles. The lowest BCUT2D eigenvalue weighted by Gasteiger charge is -2.09. The molecule has 9 heteroatoms. The molecule has 2 aromatic rings. The first-order valence-corrected chi connectivity index (χ1v) is 9.69. The van der Waals surface area contributed by atoms with Gasteiger partial charge in [-0.3, -0.25) is 4.79 Å². The van der Waals surface area contributed by atoms with Crippen LogP contribution in [0.4, 0.5) is 0 Å². The lowest BCUT2D eigenvalue weighted by atomic mass is 10.2. The molecule has 2 aromatic heterocycles. The van der Waals surface area contributed by atoms with Crippen LogP contribution in [0.3, 0.4) is 0 Å². The first-order chi connectivity index (χ1) is 12.3. The summed E-state index contributed by atoms with van der Waals surface area (Å²) in [5.41, 5.74) is 1.56. The fourth-order valence-electron chi connectivity index (χ4n) is 2.18. The van der Waals surface area contributed by atoms with Crippen molar-refractivity contribution < 1.29 is 23.8 Å². The summed E-state index contributed by atoms with van der Waals surface area (Å²) >= 11 is 2.39. The van der Waals surface area contributed by atoms with E-state index in [1.807, 2.05) is 0 Å². The van der Waals surface area contributed by atoms with E-state index in [-0.39, 0.29) is 29.6 Å². The van der Waals surface area contributed by atoms with Crippen LogP contribution in [0.25, 0.3) is 0 Å². The van der Waals surface area contributed by atoms with E-state index < -0.39 is 5.97 Å². The van der Waals surface area contributed by atoms with E-state index in [0.29, 0.717) is 26.9 Å². The van der Waals surface area contributed by atoms with Gasteiger partial charge in [-0.25, -0.2) is 9.78 Å². The Kier molecular flexibility index (Phi) is 6.98. The third-order valence-corrected chi connectivity index (χ3v) is 5.60. The van der Waals surface area contributed by atoms with Gasteiger partial charge in [0.1, 0.15) is 5.56 Å². The average molecular weight is 396 g/mol. The molecule has 0 unspecified atom stereocenters. The van der Waals surface area contributed by atoms with Gasteiger partial charge in [-0.05, 0) is 33.8 Å². The van der Waals surface area contributed by atoms with E-state index in [2.05, 4.69) is 4.98 Å². The van der Waals surface area contributed by atoms with Crippen LogP contribution in [-0.2, 0) is 20.7 Å². The molecule has 0 spiro atoms. The van der Waals surface area contributed by atoms with Gasteiger partial charge in [0, 0.05) is 22.2 Å². The van der Waals surface area contributed by atoms with Gasteiger partial charge < -0.3 is 14.7 Å². The minimum atomic E-state index is -0.552. The monoisotopic (exact) mass is 396 g/mol. The number of pyridine rings is 1. The highest BCUT2D eigenvalue weighted by atomic mass is 32.2. The van der Waals surface area contributed by atoms with Crippen molar-refractivity contribution in [2.45, 2.75) is 43.5 Å². The summed E-state index contributed by atoms with van der Waals surface area (Å²) in [6, 6.07) is 1.62. The Morgan fingerprint density at radius 3 is 2.62 bits per heavy atom. The number of hydrogen-bond donors (Lipinski definition) is 0. The predicted octanol–water partition coefficient (Wildman–Crippen LogP) is 2.83. The zero-order valence-corrected chi connectivity index (χ0v) is 16.7. The maximum Gasteiger partial charge on any atom is 0.345 e. The Labute approximate surface area is 159 Å². The maximum absolute atomic E-state index is 12.3. The Morgan fingerprint density at radius 2 is 1.96 bits per heavy atom. The summed E-state index contributed by atoms with van der Waals surface area (Å²) in [5, 5.41) is 12.5. The summed E-state index contributed by atoms with van der Waals surface area (Å²) < 4.78 is 11.2. The number of carbonyl (C=O) groups excluding carboxylic acids is 2. The molecule has 0 amide bonds. The smallest absolute Gasteiger partial charge is 0.345 e. The number of thiazole rings is 1. The Hall–Kier alpha value is -2.13. The third-order valence-electron chi connectivity index (χ3n) is 3.29. The topological polar surface area (TPSA) is 92.4 Å². The molecule has 0 radical (unpaired) electrons. The number of aromatic nitrogens is 2.